The number of rotatable bonds is 4. The van der Waals surface area contributed by atoms with Gasteiger partial charge >= 0.3 is 6.03 Å². The number of hydrogen-bond donors (Lipinski definition) is 3. The molecule has 4 nitrogen and oxygen atoms in total. The van der Waals surface area contributed by atoms with Gasteiger partial charge in [-0.3, -0.25) is 0 Å². The van der Waals surface area contributed by atoms with Gasteiger partial charge in [0.2, 0.25) is 0 Å². The van der Waals surface area contributed by atoms with E-state index >= 15 is 0 Å². The molecule has 0 bridgehead atoms. The zero-order valence-corrected chi connectivity index (χ0v) is 14.8. The van der Waals surface area contributed by atoms with Crippen molar-refractivity contribution in [3.05, 3.63) is 90.0 Å². The van der Waals surface area contributed by atoms with Crippen LogP contribution in [0.5, 0.6) is 0 Å². The zero-order valence-electron chi connectivity index (χ0n) is 14.8. The lowest BCUT2D eigenvalue weighted by atomic mass is 10.1. The molecule has 0 aliphatic rings. The molecule has 0 unspecified atom stereocenters. The van der Waals surface area contributed by atoms with Gasteiger partial charge in [-0.1, -0.05) is 24.3 Å². The topological polar surface area (TPSA) is 56.9 Å². The first-order chi connectivity index (χ1) is 13.6. The fourth-order valence-corrected chi connectivity index (χ4v) is 2.98. The summed E-state index contributed by atoms with van der Waals surface area (Å²) in [5, 5.41) is 6.29. The van der Waals surface area contributed by atoms with Crippen molar-refractivity contribution in [1.29, 1.82) is 0 Å². The Hall–Kier alpha value is -3.67. The smallest absolute Gasteiger partial charge is 0.319 e. The molecule has 0 atom stereocenters. The van der Waals surface area contributed by atoms with Gasteiger partial charge in [0.15, 0.2) is 0 Å². The number of amides is 2. The van der Waals surface area contributed by atoms with Crippen LogP contribution in [0.3, 0.4) is 0 Å². The lowest BCUT2D eigenvalue weighted by Crippen LogP contribution is -2.28. The predicted octanol–water partition coefficient (Wildman–Crippen LogP) is 5.43. The number of H-pyrrole nitrogens is 1. The van der Waals surface area contributed by atoms with Crippen molar-refractivity contribution in [2.75, 3.05) is 5.32 Å². The van der Waals surface area contributed by atoms with Gasteiger partial charge in [-0.15, -0.1) is 0 Å². The predicted molar refractivity (Wildman–Crippen MR) is 106 cm³/mol. The summed E-state index contributed by atoms with van der Waals surface area (Å²) in [6, 6.07) is 19.4. The standard InChI is InChI=1S/C22H17F2N3O/c23-17-6-4-14(5-7-17)13-25-22(28)26-19-3-1-2-15(11-19)21-12-16-10-18(24)8-9-20(16)27-21/h1-12,27H,13H2,(H2,25,26,28). The summed E-state index contributed by atoms with van der Waals surface area (Å²) in [6.07, 6.45) is 0. The molecule has 0 spiro atoms. The van der Waals surface area contributed by atoms with Crippen molar-refractivity contribution in [3.63, 3.8) is 0 Å². The number of carbonyl (C=O) groups excluding carboxylic acids is 1. The SMILES string of the molecule is O=C(NCc1ccc(F)cc1)Nc1cccc(-c2cc3cc(F)ccc3[nH]2)c1. The van der Waals surface area contributed by atoms with Crippen LogP contribution in [-0.2, 0) is 6.54 Å². The Bertz CT molecular complexity index is 1140. The minimum absolute atomic E-state index is 0.286. The quantitative estimate of drug-likeness (QED) is 0.436. The molecule has 0 aliphatic heterocycles. The molecule has 2 amide bonds. The number of aromatic nitrogens is 1. The molecule has 0 saturated heterocycles. The first-order valence-electron chi connectivity index (χ1n) is 8.75. The van der Waals surface area contributed by atoms with Crippen LogP contribution < -0.4 is 10.6 Å². The Morgan fingerprint density at radius 2 is 1.68 bits per heavy atom. The maximum absolute atomic E-state index is 13.4. The van der Waals surface area contributed by atoms with E-state index in [1.54, 1.807) is 24.3 Å². The van der Waals surface area contributed by atoms with E-state index in [1.165, 1.54) is 24.3 Å². The van der Waals surface area contributed by atoms with E-state index in [0.29, 0.717) is 12.2 Å². The van der Waals surface area contributed by atoms with E-state index in [9.17, 15) is 13.6 Å². The minimum Gasteiger partial charge on any atom is -0.355 e. The maximum Gasteiger partial charge on any atom is 0.319 e. The number of urea groups is 1. The summed E-state index contributed by atoms with van der Waals surface area (Å²) in [4.78, 5) is 15.4. The second-order valence-corrected chi connectivity index (χ2v) is 6.43. The first-order valence-corrected chi connectivity index (χ1v) is 8.75. The number of nitrogens with one attached hydrogen (secondary N) is 3. The van der Waals surface area contributed by atoms with Crippen molar-refractivity contribution in [2.24, 2.45) is 0 Å². The van der Waals surface area contributed by atoms with Crippen LogP contribution in [0.25, 0.3) is 22.2 Å². The molecule has 1 heterocycles. The summed E-state index contributed by atoms with van der Waals surface area (Å²) < 4.78 is 26.3. The van der Waals surface area contributed by atoms with Crippen LogP contribution in [0.15, 0.2) is 72.8 Å². The number of carbonyl (C=O) groups is 1. The van der Waals surface area contributed by atoms with Crippen LogP contribution in [0, 0.1) is 11.6 Å². The van der Waals surface area contributed by atoms with Gasteiger partial charge in [-0.05, 0) is 54.1 Å². The van der Waals surface area contributed by atoms with Crippen molar-refractivity contribution in [3.8, 4) is 11.3 Å². The Balaban J connectivity index is 1.45. The number of hydrogen-bond acceptors (Lipinski definition) is 1. The molecule has 4 rings (SSSR count). The third-order valence-corrected chi connectivity index (χ3v) is 4.38. The number of benzene rings is 3. The summed E-state index contributed by atoms with van der Waals surface area (Å²) in [7, 11) is 0. The summed E-state index contributed by atoms with van der Waals surface area (Å²) in [5.41, 5.74) is 3.96. The summed E-state index contributed by atoms with van der Waals surface area (Å²) in [6.45, 7) is 0.291. The van der Waals surface area contributed by atoms with Gasteiger partial charge in [0.25, 0.3) is 0 Å². The van der Waals surface area contributed by atoms with E-state index in [2.05, 4.69) is 15.6 Å². The van der Waals surface area contributed by atoms with Gasteiger partial charge in [0.1, 0.15) is 11.6 Å². The van der Waals surface area contributed by atoms with E-state index in [0.717, 1.165) is 27.7 Å². The molecule has 6 heteroatoms. The number of aromatic amines is 1. The highest BCUT2D eigenvalue weighted by molar-refractivity contribution is 5.91. The molecule has 0 aliphatic carbocycles. The molecule has 0 saturated carbocycles. The van der Waals surface area contributed by atoms with Gasteiger partial charge < -0.3 is 15.6 Å². The third kappa shape index (κ3) is 4.01. The molecule has 4 aromatic rings. The van der Waals surface area contributed by atoms with Gasteiger partial charge in [-0.2, -0.15) is 0 Å². The maximum atomic E-state index is 13.4. The van der Waals surface area contributed by atoms with Crippen LogP contribution in [0.4, 0.5) is 19.3 Å². The van der Waals surface area contributed by atoms with Gasteiger partial charge in [0, 0.05) is 34.4 Å². The lowest BCUT2D eigenvalue weighted by molar-refractivity contribution is 0.251. The molecular formula is C22H17F2N3O. The van der Waals surface area contributed by atoms with Gasteiger partial charge in [-0.25, -0.2) is 13.6 Å². The highest BCUT2D eigenvalue weighted by atomic mass is 19.1. The molecule has 3 aromatic carbocycles. The average molecular weight is 377 g/mol. The Labute approximate surface area is 160 Å². The number of fused-ring (bicyclic) bond motifs is 1. The molecule has 28 heavy (non-hydrogen) atoms. The summed E-state index contributed by atoms with van der Waals surface area (Å²) >= 11 is 0. The van der Waals surface area contributed by atoms with Crippen molar-refractivity contribution < 1.29 is 13.6 Å². The molecule has 0 radical (unpaired) electrons. The van der Waals surface area contributed by atoms with Crippen LogP contribution in [0.2, 0.25) is 0 Å². The summed E-state index contributed by atoms with van der Waals surface area (Å²) in [5.74, 6) is -0.601. The largest absolute Gasteiger partial charge is 0.355 e. The first kappa shape index (κ1) is 17.7. The average Bonchev–Trinajstić information content (AvgIpc) is 3.11. The van der Waals surface area contributed by atoms with Crippen molar-refractivity contribution >= 4 is 22.6 Å². The molecule has 0 fully saturated rings. The molecule has 140 valence electrons. The monoisotopic (exact) mass is 377 g/mol. The van der Waals surface area contributed by atoms with E-state index in [-0.39, 0.29) is 17.7 Å². The second-order valence-electron chi connectivity index (χ2n) is 6.43. The fourth-order valence-electron chi connectivity index (χ4n) is 2.98. The van der Waals surface area contributed by atoms with Crippen molar-refractivity contribution in [1.82, 2.24) is 10.3 Å². The van der Waals surface area contributed by atoms with Crippen LogP contribution in [0.1, 0.15) is 5.56 Å². The molecule has 1 aromatic heterocycles. The molecule has 3 N–H and O–H groups in total. The van der Waals surface area contributed by atoms with E-state index in [4.69, 9.17) is 0 Å². The number of halogens is 2. The highest BCUT2D eigenvalue weighted by Gasteiger charge is 2.07. The Morgan fingerprint density at radius 1 is 0.893 bits per heavy atom. The highest BCUT2D eigenvalue weighted by Crippen LogP contribution is 2.26. The number of anilines is 1. The van der Waals surface area contributed by atoms with Gasteiger partial charge in [0.05, 0.1) is 0 Å². The van der Waals surface area contributed by atoms with Crippen LogP contribution >= 0.6 is 0 Å². The second kappa shape index (κ2) is 7.52. The Morgan fingerprint density at radius 3 is 2.50 bits per heavy atom. The van der Waals surface area contributed by atoms with Crippen molar-refractivity contribution in [2.45, 2.75) is 6.54 Å². The van der Waals surface area contributed by atoms with Crippen LogP contribution in [-0.4, -0.2) is 11.0 Å². The normalized spacial score (nSPS) is 10.8. The third-order valence-electron chi connectivity index (χ3n) is 4.38. The zero-order chi connectivity index (χ0) is 19.5. The Kier molecular flexibility index (Phi) is 4.76. The lowest BCUT2D eigenvalue weighted by Gasteiger charge is -2.09. The van der Waals surface area contributed by atoms with E-state index in [1.807, 2.05) is 24.3 Å². The minimum atomic E-state index is -0.361. The van der Waals surface area contributed by atoms with E-state index < -0.39 is 0 Å². The molecular weight excluding hydrogens is 360 g/mol. The fraction of sp³-hybridized carbons (Fsp3) is 0.0455.